The van der Waals surface area contributed by atoms with Gasteiger partial charge < -0.3 is 10.2 Å². The van der Waals surface area contributed by atoms with Crippen LogP contribution in [0, 0.1) is 0 Å². The van der Waals surface area contributed by atoms with Gasteiger partial charge in [-0.1, -0.05) is 0 Å². The third kappa shape index (κ3) is 3.26. The van der Waals surface area contributed by atoms with Gasteiger partial charge in [-0.25, -0.2) is 0 Å². The molecule has 0 aliphatic carbocycles. The lowest BCUT2D eigenvalue weighted by Crippen LogP contribution is -2.37. The topological polar surface area (TPSA) is 32.3 Å². The summed E-state index contributed by atoms with van der Waals surface area (Å²) >= 11 is 0. The molecule has 0 spiro atoms. The number of hydrogen-bond donors (Lipinski definition) is 1. The van der Waals surface area contributed by atoms with Gasteiger partial charge in [0.2, 0.25) is 5.91 Å². The second-order valence-corrected chi connectivity index (χ2v) is 4.96. The van der Waals surface area contributed by atoms with Crippen molar-refractivity contribution in [2.75, 3.05) is 17.3 Å². The molecule has 0 aliphatic heterocycles. The second-order valence-electron chi connectivity index (χ2n) is 4.96. The van der Waals surface area contributed by atoms with Crippen LogP contribution in [0.3, 0.4) is 0 Å². The minimum Gasteiger partial charge on any atom is -0.370 e. The minimum atomic E-state index is -0.0445. The quantitative estimate of drug-likeness (QED) is 0.831. The Kier molecular flexibility index (Phi) is 3.58. The summed E-state index contributed by atoms with van der Waals surface area (Å²) in [5.74, 6) is -0.0445. The number of benzene rings is 1. The highest BCUT2D eigenvalue weighted by molar-refractivity contribution is 5.88. The van der Waals surface area contributed by atoms with Crippen molar-refractivity contribution in [3.05, 3.63) is 24.3 Å². The molecule has 0 saturated carbocycles. The Hall–Kier alpha value is -1.51. The van der Waals surface area contributed by atoms with Gasteiger partial charge >= 0.3 is 0 Å². The highest BCUT2D eigenvalue weighted by Crippen LogP contribution is 2.23. The Morgan fingerprint density at radius 2 is 1.69 bits per heavy atom. The van der Waals surface area contributed by atoms with Crippen molar-refractivity contribution in [2.45, 2.75) is 33.2 Å². The summed E-state index contributed by atoms with van der Waals surface area (Å²) in [5, 5.41) is 2.75. The molecule has 1 aromatic rings. The van der Waals surface area contributed by atoms with Gasteiger partial charge in [0.1, 0.15) is 0 Å². The first-order valence-corrected chi connectivity index (χ1v) is 5.42. The van der Waals surface area contributed by atoms with Gasteiger partial charge in [0.25, 0.3) is 0 Å². The van der Waals surface area contributed by atoms with Crippen LogP contribution in [-0.2, 0) is 4.79 Å². The van der Waals surface area contributed by atoms with Crippen LogP contribution in [0.15, 0.2) is 24.3 Å². The molecule has 3 nitrogen and oxygen atoms in total. The number of carbonyl (C=O) groups is 1. The van der Waals surface area contributed by atoms with E-state index >= 15 is 0 Å². The first-order valence-electron chi connectivity index (χ1n) is 5.42. The van der Waals surface area contributed by atoms with Gasteiger partial charge in [-0.05, 0) is 45.0 Å². The number of amides is 1. The summed E-state index contributed by atoms with van der Waals surface area (Å²) in [5.41, 5.74) is 2.07. The van der Waals surface area contributed by atoms with Crippen LogP contribution in [0.4, 0.5) is 11.4 Å². The zero-order chi connectivity index (χ0) is 12.3. The van der Waals surface area contributed by atoms with Crippen molar-refractivity contribution in [2.24, 2.45) is 0 Å². The maximum absolute atomic E-state index is 10.9. The van der Waals surface area contributed by atoms with Crippen molar-refractivity contribution >= 4 is 17.3 Å². The number of nitrogens with zero attached hydrogens (tertiary/aromatic N) is 1. The molecule has 0 heterocycles. The zero-order valence-electron chi connectivity index (χ0n) is 10.7. The molecular weight excluding hydrogens is 200 g/mol. The zero-order valence-corrected chi connectivity index (χ0v) is 10.7. The number of anilines is 2. The predicted octanol–water partition coefficient (Wildman–Crippen LogP) is 2.88. The van der Waals surface area contributed by atoms with Crippen molar-refractivity contribution < 1.29 is 4.79 Å². The van der Waals surface area contributed by atoms with Crippen LogP contribution in [0.25, 0.3) is 0 Å². The van der Waals surface area contributed by atoms with E-state index < -0.39 is 0 Å². The molecular formula is C13H20N2O. The van der Waals surface area contributed by atoms with E-state index in [1.54, 1.807) is 0 Å². The smallest absolute Gasteiger partial charge is 0.221 e. The van der Waals surface area contributed by atoms with Crippen LogP contribution in [0.1, 0.15) is 27.7 Å². The number of carbonyl (C=O) groups excluding carboxylic acids is 1. The van der Waals surface area contributed by atoms with Gasteiger partial charge in [-0.2, -0.15) is 0 Å². The highest BCUT2D eigenvalue weighted by Gasteiger charge is 2.16. The summed E-state index contributed by atoms with van der Waals surface area (Å²) in [6.07, 6.45) is 0. The Morgan fingerprint density at radius 3 is 2.06 bits per heavy atom. The molecule has 1 aromatic carbocycles. The average molecular weight is 220 g/mol. The van der Waals surface area contributed by atoms with Gasteiger partial charge in [-0.15, -0.1) is 0 Å². The molecule has 0 radical (unpaired) electrons. The van der Waals surface area contributed by atoms with E-state index in [9.17, 15) is 4.79 Å². The molecule has 16 heavy (non-hydrogen) atoms. The predicted molar refractivity (Wildman–Crippen MR) is 68.9 cm³/mol. The van der Waals surface area contributed by atoms with E-state index in [2.05, 4.69) is 38.0 Å². The van der Waals surface area contributed by atoms with Crippen molar-refractivity contribution in [1.82, 2.24) is 0 Å². The number of nitrogens with one attached hydrogen (secondary N) is 1. The van der Waals surface area contributed by atoms with E-state index in [1.165, 1.54) is 6.92 Å². The van der Waals surface area contributed by atoms with Crippen LogP contribution in [-0.4, -0.2) is 18.5 Å². The SMILES string of the molecule is CC(=O)Nc1ccc(N(C)C(C)(C)C)cc1. The lowest BCUT2D eigenvalue weighted by Gasteiger charge is -2.34. The maximum atomic E-state index is 10.9. The van der Waals surface area contributed by atoms with Crippen LogP contribution in [0.2, 0.25) is 0 Å². The lowest BCUT2D eigenvalue weighted by molar-refractivity contribution is -0.114. The van der Waals surface area contributed by atoms with Gasteiger partial charge in [0, 0.05) is 30.9 Å². The summed E-state index contributed by atoms with van der Waals surface area (Å²) < 4.78 is 0. The van der Waals surface area contributed by atoms with Crippen LogP contribution in [0.5, 0.6) is 0 Å². The largest absolute Gasteiger partial charge is 0.370 e. The van der Waals surface area contributed by atoms with Crippen LogP contribution >= 0.6 is 0 Å². The van der Waals surface area contributed by atoms with E-state index in [0.29, 0.717) is 0 Å². The summed E-state index contributed by atoms with van der Waals surface area (Å²) in [6.45, 7) is 7.99. The molecule has 0 saturated heterocycles. The van der Waals surface area contributed by atoms with E-state index in [-0.39, 0.29) is 11.4 Å². The average Bonchev–Trinajstić information content (AvgIpc) is 2.15. The molecule has 1 N–H and O–H groups in total. The molecule has 88 valence electrons. The second kappa shape index (κ2) is 4.56. The summed E-state index contributed by atoms with van der Waals surface area (Å²) in [7, 11) is 2.06. The molecule has 0 bridgehead atoms. The maximum Gasteiger partial charge on any atom is 0.221 e. The molecule has 0 fully saturated rings. The monoisotopic (exact) mass is 220 g/mol. The molecule has 0 unspecified atom stereocenters. The Balaban J connectivity index is 2.83. The Labute approximate surface area is 97.5 Å². The fourth-order valence-electron chi connectivity index (χ4n) is 1.36. The van der Waals surface area contributed by atoms with Crippen molar-refractivity contribution in [3.63, 3.8) is 0 Å². The normalized spacial score (nSPS) is 11.1. The van der Waals surface area contributed by atoms with Gasteiger partial charge in [-0.3, -0.25) is 4.79 Å². The number of hydrogen-bond acceptors (Lipinski definition) is 2. The summed E-state index contributed by atoms with van der Waals surface area (Å²) in [6, 6.07) is 7.85. The van der Waals surface area contributed by atoms with Crippen molar-refractivity contribution in [1.29, 1.82) is 0 Å². The minimum absolute atomic E-state index is 0.0445. The van der Waals surface area contributed by atoms with E-state index in [0.717, 1.165) is 11.4 Å². The molecule has 0 aromatic heterocycles. The molecule has 1 rings (SSSR count). The highest BCUT2D eigenvalue weighted by atomic mass is 16.1. The molecule has 3 heteroatoms. The molecule has 1 amide bonds. The number of rotatable bonds is 2. The van der Waals surface area contributed by atoms with E-state index in [4.69, 9.17) is 0 Å². The lowest BCUT2D eigenvalue weighted by atomic mass is 10.1. The van der Waals surface area contributed by atoms with Gasteiger partial charge in [0.05, 0.1) is 0 Å². The fraction of sp³-hybridized carbons (Fsp3) is 0.462. The van der Waals surface area contributed by atoms with Crippen molar-refractivity contribution in [3.8, 4) is 0 Å². The fourth-order valence-corrected chi connectivity index (χ4v) is 1.36. The van der Waals surface area contributed by atoms with Gasteiger partial charge in [0.15, 0.2) is 0 Å². The van der Waals surface area contributed by atoms with Crippen LogP contribution < -0.4 is 10.2 Å². The first-order chi connectivity index (χ1) is 7.30. The first kappa shape index (κ1) is 12.6. The Bertz CT molecular complexity index is 363. The van der Waals surface area contributed by atoms with E-state index in [1.807, 2.05) is 24.3 Å². The molecule has 0 aliphatic rings. The third-order valence-corrected chi connectivity index (χ3v) is 2.58. The third-order valence-electron chi connectivity index (χ3n) is 2.58. The standard InChI is InChI=1S/C13H20N2O/c1-10(16)14-11-6-8-12(9-7-11)15(5)13(2,3)4/h6-9H,1-5H3,(H,14,16). The molecule has 0 atom stereocenters. The summed E-state index contributed by atoms with van der Waals surface area (Å²) in [4.78, 5) is 13.1. The Morgan fingerprint density at radius 1 is 1.19 bits per heavy atom.